The van der Waals surface area contributed by atoms with E-state index in [0.717, 1.165) is 49.1 Å². The van der Waals surface area contributed by atoms with Crippen LogP contribution in [0.1, 0.15) is 12.8 Å². The number of rotatable bonds is 5. The first-order valence-corrected chi connectivity index (χ1v) is 8.46. The molecule has 1 saturated heterocycles. The number of pyridine rings is 1. The Morgan fingerprint density at radius 2 is 1.96 bits per heavy atom. The molecule has 1 aliphatic rings. The predicted octanol–water partition coefficient (Wildman–Crippen LogP) is 1.74. The molecule has 1 aromatic heterocycles. The summed E-state index contributed by atoms with van der Waals surface area (Å²) in [5.74, 6) is 0.729. The minimum atomic E-state index is -0.963. The zero-order valence-electron chi connectivity index (χ0n) is 14.3. The smallest absolute Gasteiger partial charge is 0.404 e. The molecule has 2 heterocycles. The van der Waals surface area contributed by atoms with E-state index in [9.17, 15) is 9.59 Å². The summed E-state index contributed by atoms with van der Waals surface area (Å²) in [4.78, 5) is 25.3. The molecule has 0 bridgehead atoms. The van der Waals surface area contributed by atoms with Crippen LogP contribution in [-0.2, 0) is 6.54 Å². The van der Waals surface area contributed by atoms with Crippen molar-refractivity contribution < 1.29 is 14.6 Å². The van der Waals surface area contributed by atoms with Crippen LogP contribution < -0.4 is 15.6 Å². The lowest BCUT2D eigenvalue weighted by molar-refractivity contribution is 0.166. The molecule has 0 spiro atoms. The van der Waals surface area contributed by atoms with Gasteiger partial charge in [-0.3, -0.25) is 4.79 Å². The van der Waals surface area contributed by atoms with Crippen molar-refractivity contribution in [3.63, 3.8) is 0 Å². The summed E-state index contributed by atoms with van der Waals surface area (Å²) < 4.78 is 7.05. The van der Waals surface area contributed by atoms with Crippen LogP contribution >= 0.6 is 0 Å². The molecule has 2 N–H and O–H groups in total. The Kier molecular flexibility index (Phi) is 5.23. The molecular weight excluding hydrogens is 322 g/mol. The highest BCUT2D eigenvalue weighted by Crippen LogP contribution is 2.19. The van der Waals surface area contributed by atoms with Gasteiger partial charge in [0, 0.05) is 44.4 Å². The van der Waals surface area contributed by atoms with Gasteiger partial charge < -0.3 is 24.6 Å². The average molecular weight is 345 g/mol. The highest BCUT2D eigenvalue weighted by molar-refractivity contribution is 5.80. The normalized spacial score (nSPS) is 16.0. The molecular formula is C18H23N3O4. The molecule has 25 heavy (non-hydrogen) atoms. The third-order valence-electron chi connectivity index (χ3n) is 4.75. The van der Waals surface area contributed by atoms with Gasteiger partial charge in [-0.25, -0.2) is 4.79 Å². The van der Waals surface area contributed by atoms with E-state index in [4.69, 9.17) is 9.84 Å². The van der Waals surface area contributed by atoms with E-state index in [2.05, 4.69) is 10.2 Å². The van der Waals surface area contributed by atoms with Crippen molar-refractivity contribution >= 4 is 17.0 Å². The number of hydrogen-bond donors (Lipinski definition) is 2. The van der Waals surface area contributed by atoms with E-state index in [0.29, 0.717) is 6.54 Å². The number of ether oxygens (including phenoxy) is 1. The van der Waals surface area contributed by atoms with Gasteiger partial charge in [-0.2, -0.15) is 0 Å². The molecule has 7 heteroatoms. The minimum absolute atomic E-state index is 0.0248. The molecule has 1 amide bonds. The third kappa shape index (κ3) is 4.11. The number of carboxylic acid groups (broad SMARTS) is 1. The number of aromatic nitrogens is 1. The Bertz CT molecular complexity index is 810. The van der Waals surface area contributed by atoms with E-state index in [1.807, 2.05) is 24.3 Å². The van der Waals surface area contributed by atoms with Gasteiger partial charge in [-0.05, 0) is 36.4 Å². The lowest BCUT2D eigenvalue weighted by Gasteiger charge is -2.31. The van der Waals surface area contributed by atoms with Gasteiger partial charge in [-0.15, -0.1) is 0 Å². The van der Waals surface area contributed by atoms with Gasteiger partial charge in [0.15, 0.2) is 0 Å². The summed E-state index contributed by atoms with van der Waals surface area (Å²) in [7, 11) is 1.61. The minimum Gasteiger partial charge on any atom is -0.497 e. The van der Waals surface area contributed by atoms with Gasteiger partial charge >= 0.3 is 6.09 Å². The van der Waals surface area contributed by atoms with Crippen LogP contribution in [0.3, 0.4) is 0 Å². The molecule has 0 radical (unpaired) electrons. The summed E-state index contributed by atoms with van der Waals surface area (Å²) in [6.07, 6.45) is 0.629. The van der Waals surface area contributed by atoms with Crippen molar-refractivity contribution in [1.29, 1.82) is 0 Å². The Morgan fingerprint density at radius 3 is 2.64 bits per heavy atom. The number of hydrogen-bond acceptors (Lipinski definition) is 4. The Morgan fingerprint density at radius 1 is 1.24 bits per heavy atom. The molecule has 7 nitrogen and oxygen atoms in total. The number of benzene rings is 1. The Balaban J connectivity index is 1.68. The maximum atomic E-state index is 12.3. The lowest BCUT2D eigenvalue weighted by atomic mass is 10.1. The summed E-state index contributed by atoms with van der Waals surface area (Å²) in [6.45, 7) is 3.01. The first-order valence-electron chi connectivity index (χ1n) is 8.46. The highest BCUT2D eigenvalue weighted by Gasteiger charge is 2.20. The highest BCUT2D eigenvalue weighted by atomic mass is 16.5. The molecule has 1 aromatic carbocycles. The SMILES string of the molecule is COc1ccc2ccc(=O)n(CCN3CCC(NC(=O)O)CC3)c2c1. The number of carbonyl (C=O) groups is 1. The monoisotopic (exact) mass is 345 g/mol. The van der Waals surface area contributed by atoms with Crippen LogP contribution in [0.15, 0.2) is 35.1 Å². The quantitative estimate of drug-likeness (QED) is 0.862. The summed E-state index contributed by atoms with van der Waals surface area (Å²) in [5.41, 5.74) is 0.845. The van der Waals surface area contributed by atoms with Crippen LogP contribution in [0.2, 0.25) is 0 Å². The van der Waals surface area contributed by atoms with Crippen molar-refractivity contribution in [3.8, 4) is 5.75 Å². The zero-order valence-corrected chi connectivity index (χ0v) is 14.3. The van der Waals surface area contributed by atoms with E-state index in [1.165, 1.54) is 0 Å². The van der Waals surface area contributed by atoms with Crippen LogP contribution in [0.5, 0.6) is 5.75 Å². The molecule has 134 valence electrons. The number of piperidine rings is 1. The van der Waals surface area contributed by atoms with Gasteiger partial charge in [0.1, 0.15) is 5.75 Å². The standard InChI is InChI=1S/C18H23N3O4/c1-25-15-4-2-13-3-5-17(22)21(16(13)12-15)11-10-20-8-6-14(7-9-20)19-18(23)24/h2-5,12,14,19H,6-11H2,1H3,(H,23,24). The second-order valence-electron chi connectivity index (χ2n) is 6.31. The first kappa shape index (κ1) is 17.3. The van der Waals surface area contributed by atoms with Crippen molar-refractivity contribution in [2.24, 2.45) is 0 Å². The second-order valence-corrected chi connectivity index (χ2v) is 6.31. The van der Waals surface area contributed by atoms with E-state index >= 15 is 0 Å². The maximum Gasteiger partial charge on any atom is 0.404 e. The summed E-state index contributed by atoms with van der Waals surface area (Å²) in [5, 5.41) is 12.3. The van der Waals surface area contributed by atoms with Crippen molar-refractivity contribution in [2.45, 2.75) is 25.4 Å². The van der Waals surface area contributed by atoms with Crippen LogP contribution in [0.25, 0.3) is 10.9 Å². The first-order chi connectivity index (χ1) is 12.1. The van der Waals surface area contributed by atoms with E-state index < -0.39 is 6.09 Å². The van der Waals surface area contributed by atoms with Crippen LogP contribution in [0.4, 0.5) is 4.79 Å². The molecule has 1 aliphatic heterocycles. The number of nitrogens with one attached hydrogen (secondary N) is 1. The van der Waals surface area contributed by atoms with Gasteiger partial charge in [-0.1, -0.05) is 0 Å². The van der Waals surface area contributed by atoms with E-state index in [1.54, 1.807) is 17.7 Å². The van der Waals surface area contributed by atoms with Gasteiger partial charge in [0.25, 0.3) is 5.56 Å². The fourth-order valence-electron chi connectivity index (χ4n) is 3.34. The number of nitrogens with zero attached hydrogens (tertiary/aromatic N) is 2. The van der Waals surface area contributed by atoms with Crippen molar-refractivity contribution in [3.05, 3.63) is 40.7 Å². The summed E-state index contributed by atoms with van der Waals surface area (Å²) >= 11 is 0. The summed E-state index contributed by atoms with van der Waals surface area (Å²) in [6, 6.07) is 9.18. The zero-order chi connectivity index (χ0) is 17.8. The van der Waals surface area contributed by atoms with Crippen LogP contribution in [0, 0.1) is 0 Å². The molecule has 2 aromatic rings. The Labute approximate surface area is 145 Å². The van der Waals surface area contributed by atoms with Crippen molar-refractivity contribution in [2.75, 3.05) is 26.7 Å². The number of amides is 1. The molecule has 0 saturated carbocycles. The number of likely N-dealkylation sites (tertiary alicyclic amines) is 1. The maximum absolute atomic E-state index is 12.3. The van der Waals surface area contributed by atoms with Crippen molar-refractivity contribution in [1.82, 2.24) is 14.8 Å². The van der Waals surface area contributed by atoms with E-state index in [-0.39, 0.29) is 11.6 Å². The third-order valence-corrected chi connectivity index (χ3v) is 4.75. The fraction of sp³-hybridized carbons (Fsp3) is 0.444. The topological polar surface area (TPSA) is 83.8 Å². The number of methoxy groups -OCH3 is 1. The second kappa shape index (κ2) is 7.57. The molecule has 0 unspecified atom stereocenters. The number of fused-ring (bicyclic) bond motifs is 1. The lowest BCUT2D eigenvalue weighted by Crippen LogP contribution is -2.45. The van der Waals surface area contributed by atoms with Gasteiger partial charge in [0.2, 0.25) is 0 Å². The van der Waals surface area contributed by atoms with Gasteiger partial charge in [0.05, 0.1) is 12.6 Å². The largest absolute Gasteiger partial charge is 0.497 e. The molecule has 3 rings (SSSR count). The average Bonchev–Trinajstić information content (AvgIpc) is 2.61. The Hall–Kier alpha value is -2.54. The fourth-order valence-corrected chi connectivity index (χ4v) is 3.34. The molecule has 0 aliphatic carbocycles. The molecule has 1 fully saturated rings. The predicted molar refractivity (Wildman–Crippen MR) is 95.4 cm³/mol. The van der Waals surface area contributed by atoms with Crippen LogP contribution in [-0.4, -0.2) is 53.5 Å². The molecule has 0 atom stereocenters.